The molecular weight excluding hydrogens is 344 g/mol. The van der Waals surface area contributed by atoms with Crippen LogP contribution in [0.15, 0.2) is 28.7 Å². The summed E-state index contributed by atoms with van der Waals surface area (Å²) in [6.07, 6.45) is 1.93. The van der Waals surface area contributed by atoms with Crippen molar-refractivity contribution in [3.8, 4) is 5.75 Å². The second-order valence-electron chi connectivity index (χ2n) is 4.75. The van der Waals surface area contributed by atoms with Crippen LogP contribution >= 0.6 is 28.3 Å². The highest BCUT2D eigenvalue weighted by Gasteiger charge is 2.22. The first-order valence-corrected chi connectivity index (χ1v) is 7.38. The van der Waals surface area contributed by atoms with Gasteiger partial charge in [0, 0.05) is 0 Å². The lowest BCUT2D eigenvalue weighted by atomic mass is 10.2. The summed E-state index contributed by atoms with van der Waals surface area (Å²) in [4.78, 5) is 11.8. The van der Waals surface area contributed by atoms with Gasteiger partial charge < -0.3 is 15.4 Å². The highest BCUT2D eigenvalue weighted by atomic mass is 79.9. The van der Waals surface area contributed by atoms with E-state index in [1.54, 1.807) is 0 Å². The van der Waals surface area contributed by atoms with Crippen molar-refractivity contribution in [2.75, 3.05) is 13.1 Å². The molecule has 1 aliphatic rings. The average Bonchev–Trinajstić information content (AvgIpc) is 2.93. The Morgan fingerprint density at radius 2 is 2.30 bits per heavy atom. The molecule has 1 aromatic rings. The first-order valence-electron chi connectivity index (χ1n) is 6.59. The van der Waals surface area contributed by atoms with Crippen molar-refractivity contribution in [3.05, 3.63) is 28.7 Å². The Kier molecular flexibility index (Phi) is 7.34. The fourth-order valence-electron chi connectivity index (χ4n) is 2.07. The van der Waals surface area contributed by atoms with Gasteiger partial charge in [-0.2, -0.15) is 0 Å². The summed E-state index contributed by atoms with van der Waals surface area (Å²) in [7, 11) is 0. The molecule has 0 radical (unpaired) electrons. The zero-order chi connectivity index (χ0) is 13.7. The number of nitrogens with one attached hydrogen (secondary N) is 2. The van der Waals surface area contributed by atoms with E-state index in [1.807, 2.05) is 31.2 Å². The number of carbonyl (C=O) groups excluding carboxylic acids is 1. The SMILES string of the molecule is CC(CNC(=O)C1CCCN1)Oc1ccccc1Br.Cl. The summed E-state index contributed by atoms with van der Waals surface area (Å²) in [5.74, 6) is 0.864. The monoisotopic (exact) mass is 362 g/mol. The van der Waals surface area contributed by atoms with Crippen LogP contribution in [0, 0.1) is 0 Å². The topological polar surface area (TPSA) is 50.4 Å². The Balaban J connectivity index is 0.00000200. The molecule has 2 unspecified atom stereocenters. The normalized spacial score (nSPS) is 19.0. The van der Waals surface area contributed by atoms with Gasteiger partial charge in [-0.1, -0.05) is 12.1 Å². The molecule has 1 aliphatic heterocycles. The van der Waals surface area contributed by atoms with Gasteiger partial charge in [0.05, 0.1) is 17.1 Å². The third-order valence-corrected chi connectivity index (χ3v) is 3.76. The Labute approximate surface area is 134 Å². The van der Waals surface area contributed by atoms with Gasteiger partial charge in [-0.15, -0.1) is 12.4 Å². The molecule has 4 nitrogen and oxygen atoms in total. The van der Waals surface area contributed by atoms with Gasteiger partial charge in [0.1, 0.15) is 11.9 Å². The molecule has 2 atom stereocenters. The summed E-state index contributed by atoms with van der Waals surface area (Å²) in [5.41, 5.74) is 0. The van der Waals surface area contributed by atoms with Crippen molar-refractivity contribution in [1.82, 2.24) is 10.6 Å². The number of para-hydroxylation sites is 1. The molecule has 1 heterocycles. The highest BCUT2D eigenvalue weighted by Crippen LogP contribution is 2.24. The fourth-order valence-corrected chi connectivity index (χ4v) is 2.45. The molecule has 0 bridgehead atoms. The minimum Gasteiger partial charge on any atom is -0.488 e. The van der Waals surface area contributed by atoms with Crippen molar-refractivity contribution in [3.63, 3.8) is 0 Å². The second kappa shape index (κ2) is 8.49. The van der Waals surface area contributed by atoms with Crippen LogP contribution in [0.2, 0.25) is 0 Å². The smallest absolute Gasteiger partial charge is 0.237 e. The Bertz CT molecular complexity index is 439. The third-order valence-electron chi connectivity index (χ3n) is 3.11. The fraction of sp³-hybridized carbons (Fsp3) is 0.500. The van der Waals surface area contributed by atoms with Crippen LogP contribution in [0.5, 0.6) is 5.75 Å². The van der Waals surface area contributed by atoms with Crippen LogP contribution in [-0.2, 0) is 4.79 Å². The summed E-state index contributed by atoms with van der Waals surface area (Å²) in [6, 6.07) is 7.67. The Morgan fingerprint density at radius 3 is 2.95 bits per heavy atom. The Hall–Kier alpha value is -0.780. The minimum atomic E-state index is -0.0657. The molecule has 1 aromatic carbocycles. The highest BCUT2D eigenvalue weighted by molar-refractivity contribution is 9.10. The van der Waals surface area contributed by atoms with Gasteiger partial charge >= 0.3 is 0 Å². The zero-order valence-electron chi connectivity index (χ0n) is 11.4. The van der Waals surface area contributed by atoms with Crippen molar-refractivity contribution >= 4 is 34.2 Å². The molecule has 2 N–H and O–H groups in total. The first-order chi connectivity index (χ1) is 9.16. The number of carbonyl (C=O) groups is 1. The summed E-state index contributed by atoms with van der Waals surface area (Å²) in [6.45, 7) is 3.39. The number of hydrogen-bond acceptors (Lipinski definition) is 3. The summed E-state index contributed by atoms with van der Waals surface area (Å²) < 4.78 is 6.70. The maximum atomic E-state index is 11.8. The zero-order valence-corrected chi connectivity index (χ0v) is 13.8. The van der Waals surface area contributed by atoms with Crippen LogP contribution in [-0.4, -0.2) is 31.1 Å². The number of halogens is 2. The molecule has 0 saturated carbocycles. The van der Waals surface area contributed by atoms with Gasteiger partial charge in [-0.3, -0.25) is 4.79 Å². The average molecular weight is 364 g/mol. The maximum Gasteiger partial charge on any atom is 0.237 e. The summed E-state index contributed by atoms with van der Waals surface area (Å²) >= 11 is 3.44. The number of hydrogen-bond donors (Lipinski definition) is 2. The van der Waals surface area contributed by atoms with E-state index < -0.39 is 0 Å². The van der Waals surface area contributed by atoms with Gasteiger partial charge in [-0.05, 0) is 54.4 Å². The lowest BCUT2D eigenvalue weighted by molar-refractivity contribution is -0.123. The van der Waals surface area contributed by atoms with Crippen LogP contribution in [0.25, 0.3) is 0 Å². The van der Waals surface area contributed by atoms with Crippen molar-refractivity contribution in [2.24, 2.45) is 0 Å². The molecule has 1 amide bonds. The van der Waals surface area contributed by atoms with E-state index in [0.29, 0.717) is 6.54 Å². The molecule has 1 fully saturated rings. The number of benzene rings is 1. The lowest BCUT2D eigenvalue weighted by Crippen LogP contribution is -2.43. The summed E-state index contributed by atoms with van der Waals surface area (Å²) in [5, 5.41) is 6.10. The van der Waals surface area contributed by atoms with Crippen molar-refractivity contribution in [1.29, 1.82) is 0 Å². The van der Waals surface area contributed by atoms with E-state index in [2.05, 4.69) is 26.6 Å². The minimum absolute atomic E-state index is 0. The van der Waals surface area contributed by atoms with E-state index in [4.69, 9.17) is 4.74 Å². The lowest BCUT2D eigenvalue weighted by Gasteiger charge is -2.18. The number of amides is 1. The van der Waals surface area contributed by atoms with E-state index in [0.717, 1.165) is 29.6 Å². The van der Waals surface area contributed by atoms with E-state index in [9.17, 15) is 4.79 Å². The molecule has 0 aliphatic carbocycles. The largest absolute Gasteiger partial charge is 0.488 e. The van der Waals surface area contributed by atoms with E-state index in [-0.39, 0.29) is 30.5 Å². The van der Waals surface area contributed by atoms with E-state index in [1.165, 1.54) is 0 Å². The second-order valence-corrected chi connectivity index (χ2v) is 5.61. The molecule has 20 heavy (non-hydrogen) atoms. The predicted octanol–water partition coefficient (Wildman–Crippen LogP) is 2.51. The van der Waals surface area contributed by atoms with E-state index >= 15 is 0 Å². The molecule has 0 spiro atoms. The van der Waals surface area contributed by atoms with Gasteiger partial charge in [0.15, 0.2) is 0 Å². The number of rotatable bonds is 5. The molecule has 0 aromatic heterocycles. The van der Waals surface area contributed by atoms with Crippen molar-refractivity contribution < 1.29 is 9.53 Å². The maximum absolute atomic E-state index is 11.8. The van der Waals surface area contributed by atoms with Crippen LogP contribution in [0.4, 0.5) is 0 Å². The standard InChI is InChI=1S/C14H19BrN2O2.ClH/c1-10(19-13-7-3-2-5-11(13)15)9-17-14(18)12-6-4-8-16-12;/h2-3,5,7,10,12,16H,4,6,8-9H2,1H3,(H,17,18);1H. The molecule has 1 saturated heterocycles. The quantitative estimate of drug-likeness (QED) is 0.845. The Morgan fingerprint density at radius 1 is 1.55 bits per heavy atom. The van der Waals surface area contributed by atoms with Gasteiger partial charge in [0.2, 0.25) is 5.91 Å². The van der Waals surface area contributed by atoms with Crippen LogP contribution < -0.4 is 15.4 Å². The molecule has 6 heteroatoms. The van der Waals surface area contributed by atoms with Gasteiger partial charge in [0.25, 0.3) is 0 Å². The third kappa shape index (κ3) is 4.96. The van der Waals surface area contributed by atoms with Crippen LogP contribution in [0.1, 0.15) is 19.8 Å². The predicted molar refractivity (Wildman–Crippen MR) is 85.5 cm³/mol. The van der Waals surface area contributed by atoms with Crippen LogP contribution in [0.3, 0.4) is 0 Å². The first kappa shape index (κ1) is 17.3. The molecular formula is C14H20BrClN2O2. The van der Waals surface area contributed by atoms with Gasteiger partial charge in [-0.25, -0.2) is 0 Å². The van der Waals surface area contributed by atoms with Crippen molar-refractivity contribution in [2.45, 2.75) is 31.9 Å². The number of ether oxygens (including phenoxy) is 1. The molecule has 112 valence electrons. The molecule has 2 rings (SSSR count).